The normalized spacial score (nSPS) is 19.1. The highest BCUT2D eigenvalue weighted by atomic mass is 19.3. The summed E-state index contributed by atoms with van der Waals surface area (Å²) in [5.74, 6) is -4.44. The summed E-state index contributed by atoms with van der Waals surface area (Å²) in [4.78, 5) is 38.6. The van der Waals surface area contributed by atoms with Crippen molar-refractivity contribution >= 4 is 35.0 Å². The molecule has 5 rings (SSSR count). The van der Waals surface area contributed by atoms with Crippen LogP contribution in [0.2, 0.25) is 0 Å². The third kappa shape index (κ3) is 5.29. The third-order valence-corrected chi connectivity index (χ3v) is 7.27. The maximum atomic E-state index is 14.7. The van der Waals surface area contributed by atoms with Crippen LogP contribution in [-0.2, 0) is 4.79 Å². The molecule has 12 heteroatoms. The summed E-state index contributed by atoms with van der Waals surface area (Å²) < 4.78 is 34.9. The summed E-state index contributed by atoms with van der Waals surface area (Å²) >= 11 is 0. The van der Waals surface area contributed by atoms with Crippen molar-refractivity contribution in [3.8, 4) is 5.75 Å². The Labute approximate surface area is 225 Å². The average molecular weight is 540 g/mol. The van der Waals surface area contributed by atoms with E-state index in [1.165, 1.54) is 25.3 Å². The number of allylic oxidation sites excluding steroid dienone is 3. The van der Waals surface area contributed by atoms with E-state index in [1.807, 2.05) is 0 Å². The van der Waals surface area contributed by atoms with E-state index in [-0.39, 0.29) is 29.4 Å². The Bertz CT molecular complexity index is 1340. The summed E-state index contributed by atoms with van der Waals surface area (Å²) in [6.07, 6.45) is 8.21. The highest BCUT2D eigenvalue weighted by molar-refractivity contribution is 6.02. The van der Waals surface area contributed by atoms with Crippen molar-refractivity contribution in [1.29, 1.82) is 0 Å². The molecule has 0 atom stereocenters. The molecule has 0 saturated carbocycles. The van der Waals surface area contributed by atoms with Gasteiger partial charge in [0.25, 0.3) is 11.8 Å². The van der Waals surface area contributed by atoms with Crippen molar-refractivity contribution in [3.63, 3.8) is 0 Å². The molecule has 1 aromatic heterocycles. The van der Waals surface area contributed by atoms with Crippen molar-refractivity contribution in [3.05, 3.63) is 53.9 Å². The summed E-state index contributed by atoms with van der Waals surface area (Å²) in [6, 6.07) is 5.11. The van der Waals surface area contributed by atoms with Crippen LogP contribution < -0.4 is 25.2 Å². The molecule has 0 radical (unpaired) electrons. The van der Waals surface area contributed by atoms with Crippen LogP contribution in [0.15, 0.2) is 48.3 Å². The van der Waals surface area contributed by atoms with Gasteiger partial charge in [0.05, 0.1) is 25.5 Å². The average Bonchev–Trinajstić information content (AvgIpc) is 2.97. The maximum absolute atomic E-state index is 14.7. The number of hydrogen-bond acceptors (Lipinski definition) is 8. The minimum Gasteiger partial charge on any atom is -0.495 e. The molecule has 10 nitrogen and oxygen atoms in total. The van der Waals surface area contributed by atoms with Gasteiger partial charge in [-0.1, -0.05) is 13.0 Å². The Morgan fingerprint density at radius 2 is 2.00 bits per heavy atom. The Morgan fingerprint density at radius 1 is 1.26 bits per heavy atom. The van der Waals surface area contributed by atoms with Crippen LogP contribution in [0.5, 0.6) is 5.75 Å². The second-order valence-electron chi connectivity index (χ2n) is 9.73. The molecule has 2 aliphatic heterocycles. The lowest BCUT2D eigenvalue weighted by atomic mass is 10.0. The lowest BCUT2D eigenvalue weighted by Crippen LogP contribution is -2.46. The number of piperidine rings is 1. The number of likely N-dealkylation sites (tertiary alicyclic amines) is 1. The van der Waals surface area contributed by atoms with E-state index in [0.717, 1.165) is 37.4 Å². The van der Waals surface area contributed by atoms with Gasteiger partial charge in [-0.3, -0.25) is 9.59 Å². The molecule has 1 fully saturated rings. The van der Waals surface area contributed by atoms with E-state index in [1.54, 1.807) is 36.4 Å². The first kappa shape index (κ1) is 26.5. The van der Waals surface area contributed by atoms with Crippen molar-refractivity contribution in [1.82, 2.24) is 20.2 Å². The number of halogens is 2. The molecule has 0 bridgehead atoms. The van der Waals surface area contributed by atoms with Gasteiger partial charge >= 0.3 is 5.92 Å². The number of aromatic nitrogens is 2. The molecule has 0 unspecified atom stereocenters. The Hall–Kier alpha value is -4.06. The van der Waals surface area contributed by atoms with E-state index < -0.39 is 18.4 Å². The van der Waals surface area contributed by atoms with Gasteiger partial charge < -0.3 is 30.1 Å². The number of rotatable bonds is 7. The first-order valence-electron chi connectivity index (χ1n) is 12.9. The van der Waals surface area contributed by atoms with Gasteiger partial charge in [0.15, 0.2) is 5.82 Å². The molecular weight excluding hydrogens is 508 g/mol. The highest BCUT2D eigenvalue weighted by Gasteiger charge is 2.48. The number of nitrogens with one attached hydrogen (secondary N) is 2. The molecule has 3 aliphatic rings. The number of benzene rings is 1. The number of ether oxygens (including phenoxy) is 1. The monoisotopic (exact) mass is 539 g/mol. The Balaban J connectivity index is 1.36. The lowest BCUT2D eigenvalue weighted by molar-refractivity contribution is -0.140. The number of fused-ring (bicyclic) bond motifs is 1. The topological polar surface area (TPSA) is 103 Å². The van der Waals surface area contributed by atoms with Crippen molar-refractivity contribution in [2.45, 2.75) is 31.7 Å². The number of methoxy groups -OCH3 is 1. The van der Waals surface area contributed by atoms with Crippen LogP contribution in [0.25, 0.3) is 0 Å². The van der Waals surface area contributed by atoms with Crippen molar-refractivity contribution < 1.29 is 23.1 Å². The van der Waals surface area contributed by atoms with Crippen molar-refractivity contribution in [2.75, 3.05) is 55.5 Å². The first-order chi connectivity index (χ1) is 18.7. The molecule has 1 saturated heterocycles. The molecule has 206 valence electrons. The Kier molecular flexibility index (Phi) is 7.21. The summed E-state index contributed by atoms with van der Waals surface area (Å²) in [5, 5.41) is 6.16. The minimum absolute atomic E-state index is 0.118. The number of carbonyl (C=O) groups excluding carboxylic acids is 2. The molecule has 2 aromatic rings. The Morgan fingerprint density at radius 3 is 2.64 bits per heavy atom. The summed E-state index contributed by atoms with van der Waals surface area (Å²) in [6.45, 7) is 4.21. The van der Waals surface area contributed by atoms with Gasteiger partial charge in [-0.2, -0.15) is 13.8 Å². The molecule has 39 heavy (non-hydrogen) atoms. The number of hydrogen-bond donors (Lipinski definition) is 2. The van der Waals surface area contributed by atoms with E-state index in [4.69, 9.17) is 4.74 Å². The zero-order chi connectivity index (χ0) is 27.7. The maximum Gasteiger partial charge on any atom is 0.342 e. The second kappa shape index (κ2) is 10.6. The van der Waals surface area contributed by atoms with Gasteiger partial charge in [0.2, 0.25) is 5.95 Å². The standard InChI is InChI=1S/C27H31F2N7O3/c1-4-35-12-10-18(11-13-35)31-24(37)17-8-9-20(22(14-17)39-3)32-26-30-15-21-23(33-26)36(19-6-5-7-19)16-27(28,29)25(38)34(21)2/h5-9,14-15,18H,4,10-13,16H2,1-3H3,(H,31,37)(H,30,32,33). The number of carbonyl (C=O) groups is 2. The second-order valence-corrected chi connectivity index (χ2v) is 9.73. The molecule has 0 spiro atoms. The van der Waals surface area contributed by atoms with E-state index in [9.17, 15) is 18.4 Å². The van der Waals surface area contributed by atoms with Crippen LogP contribution in [0.1, 0.15) is 30.1 Å². The fraction of sp³-hybridized carbons (Fsp3) is 0.407. The van der Waals surface area contributed by atoms with Gasteiger partial charge in [-0.15, -0.1) is 0 Å². The van der Waals surface area contributed by atoms with Crippen molar-refractivity contribution in [2.24, 2.45) is 0 Å². The highest BCUT2D eigenvalue weighted by Crippen LogP contribution is 2.39. The van der Waals surface area contributed by atoms with Crippen LogP contribution >= 0.6 is 0 Å². The fourth-order valence-corrected chi connectivity index (χ4v) is 4.85. The first-order valence-corrected chi connectivity index (χ1v) is 12.9. The predicted octanol–water partition coefficient (Wildman–Crippen LogP) is 3.31. The SMILES string of the molecule is CCN1CCC(NC(=O)c2ccc(Nc3ncc4c(n3)N(C3=CC=C3)CC(F)(F)C(=O)N4C)c(OC)c2)CC1. The molecular formula is C27H31F2N7O3. The van der Waals surface area contributed by atoms with E-state index in [2.05, 4.69) is 32.4 Å². The lowest BCUT2D eigenvalue weighted by Gasteiger charge is -2.31. The molecule has 1 aliphatic carbocycles. The third-order valence-electron chi connectivity index (χ3n) is 7.27. The van der Waals surface area contributed by atoms with Crippen LogP contribution in [0, 0.1) is 0 Å². The molecule has 3 heterocycles. The number of alkyl halides is 2. The zero-order valence-electron chi connectivity index (χ0n) is 22.1. The smallest absolute Gasteiger partial charge is 0.342 e. The van der Waals surface area contributed by atoms with E-state index in [0.29, 0.717) is 22.7 Å². The molecule has 1 aromatic carbocycles. The number of anilines is 4. The zero-order valence-corrected chi connectivity index (χ0v) is 22.1. The largest absolute Gasteiger partial charge is 0.495 e. The quantitative estimate of drug-likeness (QED) is 0.553. The number of amides is 2. The summed E-state index contributed by atoms with van der Waals surface area (Å²) in [7, 11) is 2.76. The summed E-state index contributed by atoms with van der Waals surface area (Å²) in [5.41, 5.74) is 1.61. The van der Waals surface area contributed by atoms with Gasteiger partial charge in [0, 0.05) is 37.4 Å². The molecule has 2 amide bonds. The molecule has 2 N–H and O–H groups in total. The number of nitrogens with zero attached hydrogens (tertiary/aromatic N) is 5. The van der Waals surface area contributed by atoms with E-state index >= 15 is 0 Å². The fourth-order valence-electron chi connectivity index (χ4n) is 4.85. The van der Waals surface area contributed by atoms with Crippen LogP contribution in [0.4, 0.5) is 31.9 Å². The van der Waals surface area contributed by atoms with Gasteiger partial charge in [0.1, 0.15) is 11.4 Å². The van der Waals surface area contributed by atoms with Gasteiger partial charge in [-0.25, -0.2) is 4.98 Å². The predicted molar refractivity (Wildman–Crippen MR) is 144 cm³/mol. The minimum atomic E-state index is -3.61. The van der Waals surface area contributed by atoms with Crippen LogP contribution in [0.3, 0.4) is 0 Å². The van der Waals surface area contributed by atoms with Gasteiger partial charge in [-0.05, 0) is 49.7 Å². The van der Waals surface area contributed by atoms with Crippen LogP contribution in [-0.4, -0.2) is 79.0 Å².